The van der Waals surface area contributed by atoms with Crippen molar-refractivity contribution in [3.8, 4) is 0 Å². The minimum absolute atomic E-state index is 0.125. The van der Waals surface area contributed by atoms with Crippen LogP contribution in [0.2, 0.25) is 0 Å². The standard InChI is InChI=1S/C30H28N4O4/c35-29(37-20-22-8-3-1-4-9-22)33-25-16-26(34(33)30(36)38-21-23-10-5-2-6-11-23)19-32(18-25)28-13-7-12-24-17-31-15-14-27(24)28/h1-15,17,25-26H,16,18-21H2. The van der Waals surface area contributed by atoms with Gasteiger partial charge in [-0.05, 0) is 29.7 Å². The highest BCUT2D eigenvalue weighted by molar-refractivity contribution is 5.94. The van der Waals surface area contributed by atoms with Crippen molar-refractivity contribution in [2.24, 2.45) is 0 Å². The summed E-state index contributed by atoms with van der Waals surface area (Å²) in [6.45, 7) is 1.39. The minimum Gasteiger partial charge on any atom is -0.443 e. The molecule has 0 radical (unpaired) electrons. The Bertz CT molecular complexity index is 1360. The topological polar surface area (TPSA) is 75.2 Å². The average Bonchev–Trinajstić information content (AvgIpc) is 3.24. The second-order valence-corrected chi connectivity index (χ2v) is 9.59. The first kappa shape index (κ1) is 23.8. The zero-order valence-electron chi connectivity index (χ0n) is 20.8. The van der Waals surface area contributed by atoms with E-state index in [9.17, 15) is 9.59 Å². The van der Waals surface area contributed by atoms with Crippen molar-refractivity contribution in [2.45, 2.75) is 31.7 Å². The van der Waals surface area contributed by atoms with E-state index in [0.29, 0.717) is 19.5 Å². The van der Waals surface area contributed by atoms with Gasteiger partial charge in [0.05, 0.1) is 12.1 Å². The van der Waals surface area contributed by atoms with E-state index in [1.165, 1.54) is 10.0 Å². The van der Waals surface area contributed by atoms with E-state index < -0.39 is 12.2 Å². The molecule has 2 aliphatic heterocycles. The number of piperidine rings is 1. The van der Waals surface area contributed by atoms with Crippen LogP contribution in [0.3, 0.4) is 0 Å². The van der Waals surface area contributed by atoms with Gasteiger partial charge >= 0.3 is 12.2 Å². The second-order valence-electron chi connectivity index (χ2n) is 9.59. The Morgan fingerprint density at radius 2 is 1.32 bits per heavy atom. The monoisotopic (exact) mass is 508 g/mol. The first-order valence-corrected chi connectivity index (χ1v) is 12.7. The molecule has 2 saturated heterocycles. The van der Waals surface area contributed by atoms with E-state index in [1.807, 2.05) is 85.1 Å². The molecule has 4 aromatic rings. The number of hydrazine groups is 1. The zero-order chi connectivity index (χ0) is 25.9. The smallest absolute Gasteiger partial charge is 0.429 e. The summed E-state index contributed by atoms with van der Waals surface area (Å²) in [7, 11) is 0. The third-order valence-corrected chi connectivity index (χ3v) is 7.11. The van der Waals surface area contributed by atoms with Gasteiger partial charge in [-0.25, -0.2) is 19.6 Å². The van der Waals surface area contributed by atoms with Crippen LogP contribution < -0.4 is 4.90 Å². The first-order chi connectivity index (χ1) is 18.7. The van der Waals surface area contributed by atoms with Crippen molar-refractivity contribution in [2.75, 3.05) is 18.0 Å². The van der Waals surface area contributed by atoms with Crippen LogP contribution >= 0.6 is 0 Å². The molecule has 2 fully saturated rings. The summed E-state index contributed by atoms with van der Waals surface area (Å²) in [5, 5.41) is 5.06. The molecule has 2 bridgehead atoms. The molecular weight excluding hydrogens is 480 g/mol. The molecule has 0 spiro atoms. The SMILES string of the molecule is O=C(OCc1ccccc1)N1C2CC(CN(c3cccc4cnccc34)C2)N1C(=O)OCc1ccccc1. The number of amides is 2. The third-order valence-electron chi connectivity index (χ3n) is 7.11. The fourth-order valence-corrected chi connectivity index (χ4v) is 5.38. The summed E-state index contributed by atoms with van der Waals surface area (Å²) in [6.07, 6.45) is 3.18. The Morgan fingerprint density at radius 3 is 1.89 bits per heavy atom. The molecule has 3 aromatic carbocycles. The van der Waals surface area contributed by atoms with Crippen LogP contribution in [-0.2, 0) is 22.7 Å². The number of nitrogens with zero attached hydrogens (tertiary/aromatic N) is 4. The number of hydrogen-bond donors (Lipinski definition) is 0. The highest BCUT2D eigenvalue weighted by atomic mass is 16.6. The fraction of sp³-hybridized carbons (Fsp3) is 0.233. The van der Waals surface area contributed by atoms with Crippen molar-refractivity contribution in [3.05, 3.63) is 108 Å². The van der Waals surface area contributed by atoms with E-state index in [4.69, 9.17) is 9.47 Å². The summed E-state index contributed by atoms with van der Waals surface area (Å²) in [5.41, 5.74) is 2.82. The molecule has 192 valence electrons. The predicted octanol–water partition coefficient (Wildman–Crippen LogP) is 5.39. The Hall–Kier alpha value is -4.59. The van der Waals surface area contributed by atoms with Gasteiger partial charge in [-0.2, -0.15) is 0 Å². The first-order valence-electron chi connectivity index (χ1n) is 12.7. The third kappa shape index (κ3) is 4.72. The highest BCUT2D eigenvalue weighted by Crippen LogP contribution is 2.36. The van der Waals surface area contributed by atoms with Crippen LogP contribution in [0.15, 0.2) is 97.3 Å². The van der Waals surface area contributed by atoms with E-state index in [1.54, 1.807) is 6.20 Å². The van der Waals surface area contributed by atoms with E-state index >= 15 is 0 Å². The number of fused-ring (bicyclic) bond motifs is 3. The number of aromatic nitrogens is 1. The number of carbonyl (C=O) groups excluding carboxylic acids is 2. The normalized spacial score (nSPS) is 18.5. The summed E-state index contributed by atoms with van der Waals surface area (Å²) >= 11 is 0. The lowest BCUT2D eigenvalue weighted by atomic mass is 10.0. The molecular formula is C30H28N4O4. The summed E-state index contributed by atoms with van der Waals surface area (Å²) in [6, 6.07) is 26.7. The lowest BCUT2D eigenvalue weighted by Gasteiger charge is -2.33. The number of rotatable bonds is 5. The molecule has 38 heavy (non-hydrogen) atoms. The maximum Gasteiger partial charge on any atom is 0.429 e. The molecule has 8 nitrogen and oxygen atoms in total. The maximum atomic E-state index is 13.4. The molecule has 2 amide bonds. The summed E-state index contributed by atoms with van der Waals surface area (Å²) in [5.74, 6) is 0. The number of pyridine rings is 1. The number of benzene rings is 3. The lowest BCUT2D eigenvalue weighted by Crippen LogP contribution is -2.50. The van der Waals surface area contributed by atoms with Gasteiger partial charge in [0.25, 0.3) is 0 Å². The van der Waals surface area contributed by atoms with E-state index in [-0.39, 0.29) is 25.3 Å². The molecule has 1 aromatic heterocycles. The Morgan fingerprint density at radius 1 is 0.737 bits per heavy atom. The van der Waals surface area contributed by atoms with Crippen LogP contribution in [0.4, 0.5) is 15.3 Å². The molecule has 3 heterocycles. The molecule has 0 aliphatic carbocycles. The molecule has 2 aliphatic rings. The van der Waals surface area contributed by atoms with Crippen LogP contribution in [0.25, 0.3) is 10.8 Å². The van der Waals surface area contributed by atoms with Gasteiger partial charge in [0, 0.05) is 41.9 Å². The highest BCUT2D eigenvalue weighted by Gasteiger charge is 2.51. The van der Waals surface area contributed by atoms with Crippen molar-refractivity contribution >= 4 is 28.6 Å². The van der Waals surface area contributed by atoms with Gasteiger partial charge in [-0.15, -0.1) is 0 Å². The van der Waals surface area contributed by atoms with Crippen LogP contribution in [0, 0.1) is 0 Å². The maximum absolute atomic E-state index is 13.4. The minimum atomic E-state index is -0.554. The molecule has 0 saturated carbocycles. The number of anilines is 1. The van der Waals surface area contributed by atoms with Gasteiger partial charge in [-0.1, -0.05) is 72.8 Å². The number of ether oxygens (including phenoxy) is 2. The van der Waals surface area contributed by atoms with Gasteiger partial charge in [0.1, 0.15) is 13.2 Å². The quantitative estimate of drug-likeness (QED) is 0.360. The Kier molecular flexibility index (Phi) is 6.52. The number of carbonyl (C=O) groups is 2. The molecule has 0 N–H and O–H groups in total. The van der Waals surface area contributed by atoms with Gasteiger partial charge < -0.3 is 14.4 Å². The second kappa shape index (κ2) is 10.4. The van der Waals surface area contributed by atoms with Crippen LogP contribution in [0.1, 0.15) is 17.5 Å². The van der Waals surface area contributed by atoms with Crippen molar-refractivity contribution in [1.29, 1.82) is 0 Å². The molecule has 2 unspecified atom stereocenters. The van der Waals surface area contributed by atoms with Gasteiger partial charge in [-0.3, -0.25) is 4.98 Å². The summed E-state index contributed by atoms with van der Waals surface area (Å²) in [4.78, 5) is 33.4. The Labute approximate surface area is 221 Å². The molecule has 6 rings (SSSR count). The fourth-order valence-electron chi connectivity index (χ4n) is 5.38. The van der Waals surface area contributed by atoms with Gasteiger partial charge in [0.2, 0.25) is 0 Å². The number of hydrogen-bond acceptors (Lipinski definition) is 6. The average molecular weight is 509 g/mol. The van der Waals surface area contributed by atoms with Crippen LogP contribution in [0.5, 0.6) is 0 Å². The zero-order valence-corrected chi connectivity index (χ0v) is 20.8. The molecule has 2 atom stereocenters. The van der Waals surface area contributed by atoms with E-state index in [0.717, 1.165) is 27.6 Å². The lowest BCUT2D eigenvalue weighted by molar-refractivity contribution is -0.0199. The largest absolute Gasteiger partial charge is 0.443 e. The predicted molar refractivity (Wildman–Crippen MR) is 143 cm³/mol. The van der Waals surface area contributed by atoms with Crippen molar-refractivity contribution in [1.82, 2.24) is 15.0 Å². The van der Waals surface area contributed by atoms with Crippen molar-refractivity contribution < 1.29 is 19.1 Å². The van der Waals surface area contributed by atoms with Crippen LogP contribution in [-0.4, -0.2) is 52.4 Å². The van der Waals surface area contributed by atoms with E-state index in [2.05, 4.69) is 16.0 Å². The van der Waals surface area contributed by atoms with Crippen molar-refractivity contribution in [3.63, 3.8) is 0 Å². The molecule has 8 heteroatoms. The summed E-state index contributed by atoms with van der Waals surface area (Å²) < 4.78 is 11.4. The van der Waals surface area contributed by atoms with Gasteiger partial charge in [0.15, 0.2) is 0 Å². The Balaban J connectivity index is 1.26.